The second kappa shape index (κ2) is 5.63. The third-order valence-corrected chi connectivity index (χ3v) is 3.72. The zero-order valence-electron chi connectivity index (χ0n) is 12.0. The lowest BCUT2D eigenvalue weighted by atomic mass is 9.96. The summed E-state index contributed by atoms with van der Waals surface area (Å²) >= 11 is 0. The maximum atomic E-state index is 5.85. The minimum Gasteiger partial charge on any atom is -0.493 e. The van der Waals surface area contributed by atoms with Gasteiger partial charge in [-0.05, 0) is 36.7 Å². The Hall–Kier alpha value is -1.87. The van der Waals surface area contributed by atoms with Crippen LogP contribution in [-0.4, -0.2) is 18.1 Å². The number of nitrogens with one attached hydrogen (secondary N) is 1. The van der Waals surface area contributed by atoms with Crippen LogP contribution in [0.1, 0.15) is 35.3 Å². The molecule has 0 spiro atoms. The molecule has 2 aromatic rings. The van der Waals surface area contributed by atoms with Crippen molar-refractivity contribution in [3.63, 3.8) is 0 Å². The van der Waals surface area contributed by atoms with Gasteiger partial charge in [0.2, 0.25) is 0 Å². The minimum absolute atomic E-state index is 0.162. The lowest BCUT2D eigenvalue weighted by Gasteiger charge is -2.21. The SMILES string of the molecule is CCNC(c1ccnc(C)c1)c1cccc2c1OCC2. The zero-order chi connectivity index (χ0) is 13.9. The van der Waals surface area contributed by atoms with E-state index in [4.69, 9.17) is 4.74 Å². The van der Waals surface area contributed by atoms with E-state index in [1.54, 1.807) is 0 Å². The van der Waals surface area contributed by atoms with Crippen LogP contribution in [0.4, 0.5) is 0 Å². The first kappa shape index (κ1) is 13.1. The normalized spacial score (nSPS) is 14.7. The molecule has 1 aliphatic heterocycles. The predicted octanol–water partition coefficient (Wildman–Crippen LogP) is 3.02. The van der Waals surface area contributed by atoms with Crippen LogP contribution < -0.4 is 10.1 Å². The minimum atomic E-state index is 0.162. The van der Waals surface area contributed by atoms with Crippen LogP contribution in [0.3, 0.4) is 0 Å². The van der Waals surface area contributed by atoms with Gasteiger partial charge in [-0.15, -0.1) is 0 Å². The molecule has 1 aliphatic rings. The number of fused-ring (bicyclic) bond motifs is 1. The van der Waals surface area contributed by atoms with Crippen LogP contribution in [0.15, 0.2) is 36.5 Å². The van der Waals surface area contributed by atoms with Crippen molar-refractivity contribution in [2.75, 3.05) is 13.2 Å². The Morgan fingerprint density at radius 1 is 1.35 bits per heavy atom. The topological polar surface area (TPSA) is 34.2 Å². The molecule has 1 aromatic heterocycles. The van der Waals surface area contributed by atoms with Gasteiger partial charge in [0.05, 0.1) is 12.6 Å². The van der Waals surface area contributed by atoms with E-state index in [0.29, 0.717) is 0 Å². The molecule has 3 heteroatoms. The fourth-order valence-corrected chi connectivity index (χ4v) is 2.83. The molecule has 104 valence electrons. The number of hydrogen-bond acceptors (Lipinski definition) is 3. The van der Waals surface area contributed by atoms with Gasteiger partial charge in [-0.25, -0.2) is 0 Å². The summed E-state index contributed by atoms with van der Waals surface area (Å²) in [6.07, 6.45) is 2.89. The predicted molar refractivity (Wildman–Crippen MR) is 80.1 cm³/mol. The van der Waals surface area contributed by atoms with E-state index in [0.717, 1.165) is 31.0 Å². The molecule has 2 heterocycles. The van der Waals surface area contributed by atoms with Crippen LogP contribution in [0, 0.1) is 6.92 Å². The fraction of sp³-hybridized carbons (Fsp3) is 0.353. The standard InChI is InChI=1S/C17H20N2O/c1-3-18-16(14-7-9-19-12(2)11-14)15-6-4-5-13-8-10-20-17(13)15/h4-7,9,11,16,18H,3,8,10H2,1-2H3. The van der Waals surface area contributed by atoms with Crippen LogP contribution in [-0.2, 0) is 6.42 Å². The van der Waals surface area contributed by atoms with Gasteiger partial charge >= 0.3 is 0 Å². The highest BCUT2D eigenvalue weighted by molar-refractivity contribution is 5.48. The van der Waals surface area contributed by atoms with Crippen molar-refractivity contribution in [3.05, 3.63) is 58.9 Å². The summed E-state index contributed by atoms with van der Waals surface area (Å²) in [6.45, 7) is 5.86. The number of aryl methyl sites for hydroxylation is 1. The molecule has 3 rings (SSSR count). The Kier molecular flexibility index (Phi) is 3.70. The molecule has 0 bridgehead atoms. The van der Waals surface area contributed by atoms with Gasteiger partial charge in [0, 0.05) is 23.9 Å². The Bertz CT molecular complexity index is 610. The Labute approximate surface area is 120 Å². The Morgan fingerprint density at radius 2 is 2.25 bits per heavy atom. The number of aromatic nitrogens is 1. The lowest BCUT2D eigenvalue weighted by Crippen LogP contribution is -2.22. The van der Waals surface area contributed by atoms with Crippen molar-refractivity contribution in [2.24, 2.45) is 0 Å². The molecule has 0 fully saturated rings. The van der Waals surface area contributed by atoms with Gasteiger partial charge in [0.15, 0.2) is 0 Å². The van der Waals surface area contributed by atoms with E-state index in [9.17, 15) is 0 Å². The number of nitrogens with zero attached hydrogens (tertiary/aromatic N) is 1. The molecule has 20 heavy (non-hydrogen) atoms. The molecule has 0 aliphatic carbocycles. The number of rotatable bonds is 4. The quantitative estimate of drug-likeness (QED) is 0.925. The molecular weight excluding hydrogens is 248 g/mol. The van der Waals surface area contributed by atoms with Crippen molar-refractivity contribution in [2.45, 2.75) is 26.3 Å². The molecule has 1 aromatic carbocycles. The second-order valence-electron chi connectivity index (χ2n) is 5.16. The smallest absolute Gasteiger partial charge is 0.127 e. The highest BCUT2D eigenvalue weighted by Gasteiger charge is 2.22. The summed E-state index contributed by atoms with van der Waals surface area (Å²) in [4.78, 5) is 4.29. The third kappa shape index (κ3) is 2.41. The van der Waals surface area contributed by atoms with Crippen molar-refractivity contribution in [1.29, 1.82) is 0 Å². The molecule has 1 N–H and O–H groups in total. The second-order valence-corrected chi connectivity index (χ2v) is 5.16. The van der Waals surface area contributed by atoms with Gasteiger partial charge in [0.1, 0.15) is 5.75 Å². The van der Waals surface area contributed by atoms with Crippen LogP contribution in [0.2, 0.25) is 0 Å². The largest absolute Gasteiger partial charge is 0.493 e. The van der Waals surface area contributed by atoms with Crippen molar-refractivity contribution < 1.29 is 4.74 Å². The van der Waals surface area contributed by atoms with E-state index < -0.39 is 0 Å². The molecule has 0 saturated heterocycles. The van der Waals surface area contributed by atoms with Gasteiger partial charge in [-0.3, -0.25) is 4.98 Å². The first-order chi connectivity index (χ1) is 9.79. The van der Waals surface area contributed by atoms with E-state index in [2.05, 4.69) is 47.6 Å². The third-order valence-electron chi connectivity index (χ3n) is 3.72. The fourth-order valence-electron chi connectivity index (χ4n) is 2.83. The summed E-state index contributed by atoms with van der Waals surface area (Å²) in [5, 5.41) is 3.56. The molecule has 0 radical (unpaired) electrons. The lowest BCUT2D eigenvalue weighted by molar-refractivity contribution is 0.350. The van der Waals surface area contributed by atoms with Crippen molar-refractivity contribution in [1.82, 2.24) is 10.3 Å². The van der Waals surface area contributed by atoms with E-state index in [-0.39, 0.29) is 6.04 Å². The molecular formula is C17H20N2O. The highest BCUT2D eigenvalue weighted by atomic mass is 16.5. The monoisotopic (exact) mass is 268 g/mol. The first-order valence-corrected chi connectivity index (χ1v) is 7.20. The van der Waals surface area contributed by atoms with E-state index in [1.165, 1.54) is 16.7 Å². The molecule has 1 unspecified atom stereocenters. The van der Waals surface area contributed by atoms with Crippen LogP contribution in [0.5, 0.6) is 5.75 Å². The molecule has 3 nitrogen and oxygen atoms in total. The number of pyridine rings is 1. The van der Waals surface area contributed by atoms with E-state index in [1.807, 2.05) is 13.1 Å². The van der Waals surface area contributed by atoms with Gasteiger partial charge in [-0.1, -0.05) is 25.1 Å². The summed E-state index contributed by atoms with van der Waals surface area (Å²) in [7, 11) is 0. The van der Waals surface area contributed by atoms with Gasteiger partial charge in [-0.2, -0.15) is 0 Å². The number of para-hydroxylation sites is 1. The average Bonchev–Trinajstić information content (AvgIpc) is 2.93. The average molecular weight is 268 g/mol. The summed E-state index contributed by atoms with van der Waals surface area (Å²) in [6, 6.07) is 10.8. The van der Waals surface area contributed by atoms with Crippen molar-refractivity contribution in [3.8, 4) is 5.75 Å². The molecule has 0 saturated carbocycles. The maximum absolute atomic E-state index is 5.85. The Morgan fingerprint density at radius 3 is 3.05 bits per heavy atom. The summed E-state index contributed by atoms with van der Waals surface area (Å²) in [5.41, 5.74) is 4.82. The zero-order valence-corrected chi connectivity index (χ0v) is 12.0. The summed E-state index contributed by atoms with van der Waals surface area (Å²) in [5.74, 6) is 1.06. The van der Waals surface area contributed by atoms with Crippen LogP contribution >= 0.6 is 0 Å². The van der Waals surface area contributed by atoms with Gasteiger partial charge < -0.3 is 10.1 Å². The number of benzene rings is 1. The summed E-state index contributed by atoms with van der Waals surface area (Å²) < 4.78 is 5.85. The van der Waals surface area contributed by atoms with E-state index >= 15 is 0 Å². The maximum Gasteiger partial charge on any atom is 0.127 e. The van der Waals surface area contributed by atoms with Gasteiger partial charge in [0.25, 0.3) is 0 Å². The first-order valence-electron chi connectivity index (χ1n) is 7.20. The van der Waals surface area contributed by atoms with Crippen molar-refractivity contribution >= 4 is 0 Å². The number of hydrogen-bond donors (Lipinski definition) is 1. The number of ether oxygens (including phenoxy) is 1. The molecule has 0 amide bonds. The Balaban J connectivity index is 2.05. The highest BCUT2D eigenvalue weighted by Crippen LogP contribution is 2.36. The molecule has 1 atom stereocenters. The van der Waals surface area contributed by atoms with Crippen LogP contribution in [0.25, 0.3) is 0 Å².